The summed E-state index contributed by atoms with van der Waals surface area (Å²) in [4.78, 5) is 24.9. The number of ether oxygens (including phenoxy) is 1. The van der Waals surface area contributed by atoms with Crippen LogP contribution in [0.15, 0.2) is 18.2 Å². The van der Waals surface area contributed by atoms with Gasteiger partial charge in [-0.05, 0) is 71.6 Å². The molecular formula is C23H33BF2N2O5. The molecule has 2 N–H and O–H groups in total. The number of nitrogens with one attached hydrogen (secondary N) is 2. The molecule has 2 aliphatic rings. The molecule has 1 saturated carbocycles. The second-order valence-electron chi connectivity index (χ2n) is 10.8. The zero-order valence-electron chi connectivity index (χ0n) is 20.3. The van der Waals surface area contributed by atoms with Gasteiger partial charge in [-0.3, -0.25) is 4.79 Å². The first-order valence-electron chi connectivity index (χ1n) is 11.1. The van der Waals surface area contributed by atoms with Crippen LogP contribution >= 0.6 is 0 Å². The summed E-state index contributed by atoms with van der Waals surface area (Å²) in [6.45, 7) is 13.1. The zero-order valence-corrected chi connectivity index (χ0v) is 20.3. The van der Waals surface area contributed by atoms with Gasteiger partial charge in [0.05, 0.1) is 11.2 Å². The highest BCUT2D eigenvalue weighted by Gasteiger charge is 2.52. The van der Waals surface area contributed by atoms with Crippen LogP contribution in [0.1, 0.15) is 77.2 Å². The van der Waals surface area contributed by atoms with Crippen molar-refractivity contribution in [3.8, 4) is 0 Å². The van der Waals surface area contributed by atoms with Crippen molar-refractivity contribution >= 4 is 24.6 Å². The van der Waals surface area contributed by atoms with E-state index in [2.05, 4.69) is 10.6 Å². The number of rotatable bonds is 5. The van der Waals surface area contributed by atoms with E-state index < -0.39 is 47.9 Å². The minimum atomic E-state index is -2.73. The average molecular weight is 466 g/mol. The Morgan fingerprint density at radius 2 is 1.67 bits per heavy atom. The molecule has 0 atom stereocenters. The second-order valence-corrected chi connectivity index (χ2v) is 10.8. The monoisotopic (exact) mass is 466 g/mol. The molecule has 1 aromatic rings. The van der Waals surface area contributed by atoms with Gasteiger partial charge >= 0.3 is 13.2 Å². The van der Waals surface area contributed by atoms with Gasteiger partial charge in [0.2, 0.25) is 0 Å². The molecule has 2 amide bonds. The molecule has 1 aromatic carbocycles. The molecule has 33 heavy (non-hydrogen) atoms. The molecule has 1 heterocycles. The van der Waals surface area contributed by atoms with Gasteiger partial charge in [0.1, 0.15) is 5.60 Å². The van der Waals surface area contributed by atoms with Crippen molar-refractivity contribution in [3.63, 3.8) is 0 Å². The maximum absolute atomic E-state index is 13.2. The van der Waals surface area contributed by atoms with E-state index in [1.54, 1.807) is 39.0 Å². The van der Waals surface area contributed by atoms with Gasteiger partial charge in [0, 0.05) is 31.0 Å². The Hall–Kier alpha value is -2.20. The molecule has 1 saturated heterocycles. The van der Waals surface area contributed by atoms with E-state index in [9.17, 15) is 18.4 Å². The number of halogens is 2. The van der Waals surface area contributed by atoms with Crippen LogP contribution in [0, 0.1) is 0 Å². The number of hydrogen-bond acceptors (Lipinski definition) is 5. The quantitative estimate of drug-likeness (QED) is 0.649. The number of amides is 2. The number of benzene rings is 1. The summed E-state index contributed by atoms with van der Waals surface area (Å²) in [5.41, 5.74) is -0.313. The largest absolute Gasteiger partial charge is 0.494 e. The summed E-state index contributed by atoms with van der Waals surface area (Å²) in [5, 5.41) is 5.32. The fraction of sp³-hybridized carbons (Fsp3) is 0.652. The normalized spacial score (nSPS) is 21.3. The number of alkyl halides is 2. The molecule has 2 fully saturated rings. The molecule has 0 unspecified atom stereocenters. The first-order valence-corrected chi connectivity index (χ1v) is 11.1. The first-order chi connectivity index (χ1) is 15.0. The summed E-state index contributed by atoms with van der Waals surface area (Å²) in [5.74, 6) is -3.20. The Labute approximate surface area is 194 Å². The second kappa shape index (κ2) is 8.54. The van der Waals surface area contributed by atoms with E-state index in [1.165, 1.54) is 0 Å². The molecule has 0 radical (unpaired) electrons. The van der Waals surface area contributed by atoms with Crippen molar-refractivity contribution in [2.24, 2.45) is 0 Å². The summed E-state index contributed by atoms with van der Waals surface area (Å²) in [7, 11) is -0.726. The number of carbonyl (C=O) groups is 2. The smallest absolute Gasteiger partial charge is 0.444 e. The van der Waals surface area contributed by atoms with E-state index in [1.807, 2.05) is 27.7 Å². The number of hydrogen-bond donors (Lipinski definition) is 2. The Kier molecular flexibility index (Phi) is 6.58. The van der Waals surface area contributed by atoms with Gasteiger partial charge in [-0.25, -0.2) is 13.6 Å². The van der Waals surface area contributed by atoms with E-state index in [0.29, 0.717) is 11.0 Å². The SMILES string of the molecule is CC(C)(C)OC(=O)NCc1cc(B2OC(C)(C)C(C)(C)O2)cc(C(=O)NC2CC(F)(F)C2)c1. The highest BCUT2D eigenvalue weighted by Crippen LogP contribution is 2.38. The number of carbonyl (C=O) groups excluding carboxylic acids is 2. The maximum atomic E-state index is 13.2. The molecule has 0 spiro atoms. The van der Waals surface area contributed by atoms with Crippen molar-refractivity contribution < 1.29 is 32.4 Å². The lowest BCUT2D eigenvalue weighted by Gasteiger charge is -2.35. The molecular weight excluding hydrogens is 433 g/mol. The molecule has 0 aromatic heterocycles. The van der Waals surface area contributed by atoms with Crippen molar-refractivity contribution in [2.75, 3.05) is 0 Å². The maximum Gasteiger partial charge on any atom is 0.494 e. The van der Waals surface area contributed by atoms with Crippen LogP contribution < -0.4 is 16.1 Å². The molecule has 0 bridgehead atoms. The third-order valence-corrected chi connectivity index (χ3v) is 6.06. The van der Waals surface area contributed by atoms with Crippen molar-refractivity contribution in [2.45, 2.75) is 96.6 Å². The van der Waals surface area contributed by atoms with Crippen LogP contribution in [0.4, 0.5) is 13.6 Å². The predicted octanol–water partition coefficient (Wildman–Crippen LogP) is 3.54. The van der Waals surface area contributed by atoms with Crippen LogP contribution in [-0.4, -0.2) is 47.9 Å². The lowest BCUT2D eigenvalue weighted by molar-refractivity contribution is -0.0901. The van der Waals surface area contributed by atoms with Crippen LogP contribution in [0.3, 0.4) is 0 Å². The van der Waals surface area contributed by atoms with Gasteiger partial charge in [-0.2, -0.15) is 0 Å². The van der Waals surface area contributed by atoms with E-state index in [-0.39, 0.29) is 24.9 Å². The summed E-state index contributed by atoms with van der Waals surface area (Å²) in [6, 6.07) is 4.45. The summed E-state index contributed by atoms with van der Waals surface area (Å²) >= 11 is 0. The minimum Gasteiger partial charge on any atom is -0.444 e. The van der Waals surface area contributed by atoms with E-state index >= 15 is 0 Å². The van der Waals surface area contributed by atoms with Crippen LogP contribution in [-0.2, 0) is 20.6 Å². The van der Waals surface area contributed by atoms with E-state index in [4.69, 9.17) is 14.0 Å². The van der Waals surface area contributed by atoms with Gasteiger partial charge in [0.15, 0.2) is 0 Å². The number of alkyl carbamates (subject to hydrolysis) is 1. The van der Waals surface area contributed by atoms with Crippen molar-refractivity contribution in [3.05, 3.63) is 29.3 Å². The third-order valence-electron chi connectivity index (χ3n) is 6.06. The fourth-order valence-electron chi connectivity index (χ4n) is 3.59. The standard InChI is InChI=1S/C23H33BF2N2O5/c1-20(2,3)31-19(30)27-13-14-8-15(18(29)28-17-11-23(25,26)12-17)10-16(9-14)24-32-21(4,5)22(6,7)33-24/h8-10,17H,11-13H2,1-7H3,(H,27,30)(H,28,29). The van der Waals surface area contributed by atoms with Gasteiger partial charge < -0.3 is 24.7 Å². The molecule has 1 aliphatic carbocycles. The minimum absolute atomic E-state index is 0.101. The molecule has 1 aliphatic heterocycles. The fourth-order valence-corrected chi connectivity index (χ4v) is 3.59. The van der Waals surface area contributed by atoms with Gasteiger partial charge in [-0.15, -0.1) is 0 Å². The van der Waals surface area contributed by atoms with Crippen LogP contribution in [0.25, 0.3) is 0 Å². The molecule has 3 rings (SSSR count). The molecule has 10 heteroatoms. The summed E-state index contributed by atoms with van der Waals surface area (Å²) < 4.78 is 43.8. The van der Waals surface area contributed by atoms with E-state index in [0.717, 1.165) is 0 Å². The van der Waals surface area contributed by atoms with Crippen LogP contribution in [0.2, 0.25) is 0 Å². The van der Waals surface area contributed by atoms with Gasteiger partial charge in [-0.1, -0.05) is 6.07 Å². The highest BCUT2D eigenvalue weighted by molar-refractivity contribution is 6.62. The molecule has 182 valence electrons. The predicted molar refractivity (Wildman–Crippen MR) is 121 cm³/mol. The lowest BCUT2D eigenvalue weighted by Crippen LogP contribution is -2.50. The van der Waals surface area contributed by atoms with Crippen molar-refractivity contribution in [1.29, 1.82) is 0 Å². The Balaban J connectivity index is 1.81. The van der Waals surface area contributed by atoms with Crippen LogP contribution in [0.5, 0.6) is 0 Å². The highest BCUT2D eigenvalue weighted by atomic mass is 19.3. The lowest BCUT2D eigenvalue weighted by atomic mass is 9.77. The Morgan fingerprint density at radius 1 is 1.09 bits per heavy atom. The zero-order chi connectivity index (χ0) is 24.8. The van der Waals surface area contributed by atoms with Crippen molar-refractivity contribution in [1.82, 2.24) is 10.6 Å². The topological polar surface area (TPSA) is 85.9 Å². The molecule has 7 nitrogen and oxygen atoms in total. The van der Waals surface area contributed by atoms with Gasteiger partial charge in [0.25, 0.3) is 11.8 Å². The summed E-state index contributed by atoms with van der Waals surface area (Å²) in [6.07, 6.45) is -1.34. The third kappa shape index (κ3) is 6.23. The Morgan fingerprint density at radius 3 is 2.18 bits per heavy atom. The average Bonchev–Trinajstić information content (AvgIpc) is 2.84. The Bertz CT molecular complexity index is 906. The first kappa shape index (κ1) is 25.4.